The zero-order valence-corrected chi connectivity index (χ0v) is 51.5. The lowest BCUT2D eigenvalue weighted by molar-refractivity contribution is -0.143. The van der Waals surface area contributed by atoms with E-state index < -0.39 is 12.1 Å². The highest BCUT2D eigenvalue weighted by Crippen LogP contribution is 2.18. The van der Waals surface area contributed by atoms with Gasteiger partial charge in [-0.05, 0) is 57.8 Å². The molecule has 0 spiro atoms. The number of ether oxygens (including phenoxy) is 1. The van der Waals surface area contributed by atoms with E-state index in [4.69, 9.17) is 4.74 Å². The minimum Gasteiger partial charge on any atom is -0.466 e. The molecule has 0 aromatic carbocycles. The number of esters is 1. The van der Waals surface area contributed by atoms with Crippen LogP contribution in [-0.2, 0) is 14.3 Å². The van der Waals surface area contributed by atoms with Crippen LogP contribution < -0.4 is 5.32 Å². The largest absolute Gasteiger partial charge is 0.466 e. The maximum Gasteiger partial charge on any atom is 0.305 e. The van der Waals surface area contributed by atoms with Crippen LogP contribution in [0.15, 0.2) is 24.3 Å². The zero-order valence-electron chi connectivity index (χ0n) is 51.5. The van der Waals surface area contributed by atoms with E-state index in [1.807, 2.05) is 6.08 Å². The van der Waals surface area contributed by atoms with E-state index >= 15 is 0 Å². The fourth-order valence-electron chi connectivity index (χ4n) is 10.9. The third-order valence-electron chi connectivity index (χ3n) is 16.2. The van der Waals surface area contributed by atoms with Crippen molar-refractivity contribution >= 4 is 11.9 Å². The van der Waals surface area contributed by atoms with E-state index in [1.54, 1.807) is 6.08 Å². The van der Waals surface area contributed by atoms with Crippen LogP contribution in [0.4, 0.5) is 0 Å². The van der Waals surface area contributed by atoms with Crippen molar-refractivity contribution < 1.29 is 24.5 Å². The maximum absolute atomic E-state index is 12.5. The normalized spacial score (nSPS) is 12.6. The molecular weight excluding hydrogens is 935 g/mol. The van der Waals surface area contributed by atoms with Crippen LogP contribution in [0, 0.1) is 0 Å². The lowest BCUT2D eigenvalue weighted by Crippen LogP contribution is -2.45. The summed E-state index contributed by atoms with van der Waals surface area (Å²) in [4.78, 5) is 24.5. The van der Waals surface area contributed by atoms with Gasteiger partial charge in [0.2, 0.25) is 5.91 Å². The third kappa shape index (κ3) is 61.6. The van der Waals surface area contributed by atoms with Crippen LogP contribution in [0.25, 0.3) is 0 Å². The maximum atomic E-state index is 12.5. The van der Waals surface area contributed by atoms with Crippen molar-refractivity contribution in [2.24, 2.45) is 0 Å². The molecule has 0 aromatic rings. The Balaban J connectivity index is 3.43. The summed E-state index contributed by atoms with van der Waals surface area (Å²) in [7, 11) is 0. The summed E-state index contributed by atoms with van der Waals surface area (Å²) in [6, 6.07) is -0.631. The van der Waals surface area contributed by atoms with Crippen LogP contribution in [0.5, 0.6) is 0 Å². The fourth-order valence-corrected chi connectivity index (χ4v) is 10.9. The van der Waals surface area contributed by atoms with E-state index in [-0.39, 0.29) is 18.5 Å². The number of aliphatic hydroxyl groups is 2. The Labute approximate surface area is 475 Å². The van der Waals surface area contributed by atoms with Gasteiger partial charge in [0, 0.05) is 12.8 Å². The number of nitrogens with one attached hydrogen (secondary N) is 1. The highest BCUT2D eigenvalue weighted by Gasteiger charge is 2.18. The van der Waals surface area contributed by atoms with Gasteiger partial charge in [-0.3, -0.25) is 9.59 Å². The molecule has 76 heavy (non-hydrogen) atoms. The summed E-state index contributed by atoms with van der Waals surface area (Å²) in [5, 5.41) is 23.3. The highest BCUT2D eigenvalue weighted by molar-refractivity contribution is 5.76. The number of hydrogen-bond acceptors (Lipinski definition) is 5. The molecule has 0 saturated carbocycles. The first-order valence-electron chi connectivity index (χ1n) is 34.6. The smallest absolute Gasteiger partial charge is 0.305 e. The summed E-state index contributed by atoms with van der Waals surface area (Å²) in [6.07, 6.45) is 82.5. The van der Waals surface area contributed by atoms with Crippen molar-refractivity contribution in [1.82, 2.24) is 5.32 Å². The summed E-state index contributed by atoms with van der Waals surface area (Å²) in [6.45, 7) is 4.93. The highest BCUT2D eigenvalue weighted by atomic mass is 16.5. The molecule has 450 valence electrons. The minimum atomic E-state index is -0.847. The molecule has 0 bridgehead atoms. The van der Waals surface area contributed by atoms with E-state index in [0.29, 0.717) is 19.4 Å². The zero-order chi connectivity index (χ0) is 55.0. The number of unbranched alkanes of at least 4 members (excludes halogenated alkanes) is 52. The Morgan fingerprint density at radius 2 is 0.618 bits per heavy atom. The van der Waals surface area contributed by atoms with Crippen molar-refractivity contribution in [3.8, 4) is 0 Å². The summed E-state index contributed by atoms with van der Waals surface area (Å²) in [5.74, 6) is -0.0535. The van der Waals surface area contributed by atoms with Crippen molar-refractivity contribution in [3.05, 3.63) is 24.3 Å². The molecule has 0 aliphatic carbocycles. The molecule has 6 nitrogen and oxygen atoms in total. The number of hydrogen-bond donors (Lipinski definition) is 3. The van der Waals surface area contributed by atoms with Gasteiger partial charge in [0.25, 0.3) is 0 Å². The van der Waals surface area contributed by atoms with Crippen LogP contribution in [0.2, 0.25) is 0 Å². The lowest BCUT2D eigenvalue weighted by Gasteiger charge is -2.20. The first-order valence-corrected chi connectivity index (χ1v) is 34.6. The molecule has 6 heteroatoms. The van der Waals surface area contributed by atoms with Crippen molar-refractivity contribution in [2.75, 3.05) is 13.2 Å². The van der Waals surface area contributed by atoms with Gasteiger partial charge >= 0.3 is 5.97 Å². The average Bonchev–Trinajstić information content (AvgIpc) is 3.42. The Bertz CT molecular complexity index is 1190. The van der Waals surface area contributed by atoms with Crippen molar-refractivity contribution in [3.63, 3.8) is 0 Å². The topological polar surface area (TPSA) is 95.9 Å². The van der Waals surface area contributed by atoms with E-state index in [0.717, 1.165) is 38.5 Å². The van der Waals surface area contributed by atoms with E-state index in [9.17, 15) is 19.8 Å². The molecule has 3 N–H and O–H groups in total. The number of carbonyl (C=O) groups is 2. The predicted octanol–water partition coefficient (Wildman–Crippen LogP) is 22.1. The second-order valence-electron chi connectivity index (χ2n) is 23.9. The standard InChI is InChI=1S/C70H135NO5/c1-3-5-7-9-11-13-15-16-17-18-19-20-24-27-30-33-36-39-43-46-50-54-58-62-68(73)67(66-72)71-69(74)63-59-55-51-47-44-40-37-34-31-28-25-22-21-23-26-29-32-35-38-41-45-49-53-57-61-65-76-70(75)64-60-56-52-48-42-14-12-10-8-6-4-2/h22,25,58,62,67-68,72-73H,3-21,23-24,26-57,59-61,63-66H2,1-2H3,(H,71,74)/b25-22-,62-58+. The molecule has 0 aromatic heterocycles. The monoisotopic (exact) mass is 1070 g/mol. The molecule has 0 saturated heterocycles. The van der Waals surface area contributed by atoms with Crippen LogP contribution in [-0.4, -0.2) is 47.4 Å². The van der Waals surface area contributed by atoms with Gasteiger partial charge in [-0.15, -0.1) is 0 Å². The quantitative estimate of drug-likeness (QED) is 0.0320. The van der Waals surface area contributed by atoms with Gasteiger partial charge in [-0.25, -0.2) is 0 Å². The average molecular weight is 1070 g/mol. The molecular formula is C70H135NO5. The Kier molecular flexibility index (Phi) is 64.4. The van der Waals surface area contributed by atoms with E-state index in [1.165, 1.54) is 321 Å². The third-order valence-corrected chi connectivity index (χ3v) is 16.2. The Morgan fingerprint density at radius 1 is 0.355 bits per heavy atom. The fraction of sp³-hybridized carbons (Fsp3) is 0.914. The molecule has 2 unspecified atom stereocenters. The van der Waals surface area contributed by atoms with Gasteiger partial charge in [0.1, 0.15) is 0 Å². The molecule has 0 aliphatic heterocycles. The second-order valence-corrected chi connectivity index (χ2v) is 23.9. The number of rotatable bonds is 65. The number of carbonyl (C=O) groups excluding carboxylic acids is 2. The minimum absolute atomic E-state index is 0.0134. The summed E-state index contributed by atoms with van der Waals surface area (Å²) >= 11 is 0. The first kappa shape index (κ1) is 74.3. The predicted molar refractivity (Wildman–Crippen MR) is 333 cm³/mol. The molecule has 0 radical (unpaired) electrons. The number of allylic oxidation sites excluding steroid dienone is 3. The van der Waals surface area contributed by atoms with Crippen molar-refractivity contribution in [1.29, 1.82) is 0 Å². The van der Waals surface area contributed by atoms with Crippen molar-refractivity contribution in [2.45, 2.75) is 398 Å². The van der Waals surface area contributed by atoms with Gasteiger partial charge in [0.15, 0.2) is 0 Å². The molecule has 2 atom stereocenters. The summed E-state index contributed by atoms with van der Waals surface area (Å²) in [5.41, 5.74) is 0. The Hall–Kier alpha value is -1.66. The molecule has 0 heterocycles. The van der Waals surface area contributed by atoms with Gasteiger partial charge < -0.3 is 20.3 Å². The molecule has 0 fully saturated rings. The van der Waals surface area contributed by atoms with E-state index in [2.05, 4.69) is 31.3 Å². The lowest BCUT2D eigenvalue weighted by atomic mass is 10.0. The Morgan fingerprint density at radius 3 is 0.934 bits per heavy atom. The molecule has 0 aliphatic rings. The van der Waals surface area contributed by atoms with Crippen LogP contribution in [0.1, 0.15) is 386 Å². The molecule has 1 amide bonds. The molecule has 0 rings (SSSR count). The van der Waals surface area contributed by atoms with Gasteiger partial charge in [-0.1, -0.05) is 340 Å². The second kappa shape index (κ2) is 65.9. The first-order chi connectivity index (χ1) is 37.5. The number of aliphatic hydroxyl groups excluding tert-OH is 2. The summed E-state index contributed by atoms with van der Waals surface area (Å²) < 4.78 is 5.47. The van der Waals surface area contributed by atoms with Crippen LogP contribution in [0.3, 0.4) is 0 Å². The number of amides is 1. The van der Waals surface area contributed by atoms with Gasteiger partial charge in [0.05, 0.1) is 25.4 Å². The van der Waals surface area contributed by atoms with Gasteiger partial charge in [-0.2, -0.15) is 0 Å². The SMILES string of the molecule is CCCCCCCCCCCCCCCCCCCCCCC/C=C/C(O)C(CO)NC(=O)CCCCCCCCCCC/C=C\CCCCCCCCCCCCCCOC(=O)CCCCCCCCCCCCC. The van der Waals surface area contributed by atoms with Crippen LogP contribution >= 0.6 is 0 Å².